The van der Waals surface area contributed by atoms with Crippen molar-refractivity contribution in [3.63, 3.8) is 0 Å². The van der Waals surface area contributed by atoms with Crippen LogP contribution in [0.3, 0.4) is 0 Å². The van der Waals surface area contributed by atoms with Gasteiger partial charge in [0.15, 0.2) is 5.78 Å². The van der Waals surface area contributed by atoms with Gasteiger partial charge in [-0.15, -0.1) is 23.2 Å². The van der Waals surface area contributed by atoms with Gasteiger partial charge in [0, 0.05) is 23.4 Å². The summed E-state index contributed by atoms with van der Waals surface area (Å²) in [5.74, 6) is -0.616. The molecule has 0 unspecified atom stereocenters. The molecule has 0 atom stereocenters. The molecule has 8 heteroatoms. The Labute approximate surface area is 154 Å². The Bertz CT molecular complexity index is 813. The second-order valence-electron chi connectivity index (χ2n) is 5.01. The molecule has 2 rings (SSSR count). The Morgan fingerprint density at radius 3 is 2.48 bits per heavy atom. The van der Waals surface area contributed by atoms with Crippen molar-refractivity contribution in [2.45, 2.75) is 26.1 Å². The highest BCUT2D eigenvalue weighted by Crippen LogP contribution is 2.26. The topological polar surface area (TPSA) is 93.8 Å². The third kappa shape index (κ3) is 6.40. The third-order valence-corrected chi connectivity index (χ3v) is 3.63. The molecule has 2 aromatic rings. The van der Waals surface area contributed by atoms with Crippen molar-refractivity contribution < 1.29 is 23.8 Å². The zero-order valence-corrected chi connectivity index (χ0v) is 15.3. The molecule has 0 fully saturated rings. The number of ketones is 1. The van der Waals surface area contributed by atoms with Crippen molar-refractivity contribution in [3.05, 3.63) is 39.7 Å². The second kappa shape index (κ2) is 10.1. The lowest BCUT2D eigenvalue weighted by Crippen LogP contribution is -2.11. The number of carbonyl (C=O) groups excluding carboxylic acids is 2. The monoisotopic (exact) mass is 388 g/mol. The van der Waals surface area contributed by atoms with Crippen LogP contribution in [0.4, 0.5) is 0 Å². The largest absolute Gasteiger partial charge is 0.508 e. The minimum Gasteiger partial charge on any atom is -0.508 e. The Morgan fingerprint density at radius 1 is 1.24 bits per heavy atom. The molecule has 0 saturated heterocycles. The fraction of sp³-hybridized carbons (Fsp3) is 0.353. The summed E-state index contributed by atoms with van der Waals surface area (Å²) < 4.78 is 9.49. The Hall–Kier alpha value is -2.05. The SMILES string of the molecule is CCOC(=O)CC(=O)CCl.Cc1cc(O)cc2oc(=O)cc(CCl)c12. The van der Waals surface area contributed by atoms with Crippen molar-refractivity contribution in [1.29, 1.82) is 0 Å². The van der Waals surface area contributed by atoms with Crippen molar-refractivity contribution >= 4 is 45.9 Å². The lowest BCUT2D eigenvalue weighted by atomic mass is 10.1. The van der Waals surface area contributed by atoms with E-state index in [9.17, 15) is 19.5 Å². The zero-order chi connectivity index (χ0) is 19.0. The lowest BCUT2D eigenvalue weighted by molar-refractivity contribution is -0.145. The van der Waals surface area contributed by atoms with E-state index in [1.54, 1.807) is 13.0 Å². The molecule has 1 aromatic heterocycles. The Balaban J connectivity index is 0.000000275. The normalized spacial score (nSPS) is 10.1. The average molecular weight is 389 g/mol. The number of phenolic OH excluding ortho intramolecular Hbond substituents is 1. The molecule has 136 valence electrons. The van der Waals surface area contributed by atoms with Gasteiger partial charge in [0.1, 0.15) is 17.8 Å². The first-order valence-corrected chi connectivity index (χ1v) is 8.44. The van der Waals surface area contributed by atoms with Gasteiger partial charge in [0.05, 0.1) is 12.5 Å². The summed E-state index contributed by atoms with van der Waals surface area (Å²) in [6.45, 7) is 3.82. The molecular weight excluding hydrogens is 371 g/mol. The van der Waals surface area contributed by atoms with E-state index < -0.39 is 11.6 Å². The summed E-state index contributed by atoms with van der Waals surface area (Å²) in [6.07, 6.45) is -0.211. The quantitative estimate of drug-likeness (QED) is 0.365. The molecule has 0 spiro atoms. The molecule has 0 radical (unpaired) electrons. The highest BCUT2D eigenvalue weighted by Gasteiger charge is 2.09. The van der Waals surface area contributed by atoms with Crippen LogP contribution >= 0.6 is 23.2 Å². The van der Waals surface area contributed by atoms with Gasteiger partial charge >= 0.3 is 11.6 Å². The van der Waals surface area contributed by atoms with Crippen LogP contribution in [-0.4, -0.2) is 29.3 Å². The van der Waals surface area contributed by atoms with E-state index in [1.165, 1.54) is 12.1 Å². The molecule has 0 aliphatic rings. The molecular formula is C17H18Cl2O6. The molecule has 0 aliphatic heterocycles. The highest BCUT2D eigenvalue weighted by molar-refractivity contribution is 6.28. The molecule has 1 N–H and O–H groups in total. The summed E-state index contributed by atoms with van der Waals surface area (Å²) in [4.78, 5) is 32.2. The first-order valence-electron chi connectivity index (χ1n) is 7.37. The van der Waals surface area contributed by atoms with Gasteiger partial charge in [-0.2, -0.15) is 0 Å². The van der Waals surface area contributed by atoms with E-state index in [0.717, 1.165) is 16.5 Å². The number of aromatic hydroxyl groups is 1. The van der Waals surface area contributed by atoms with Gasteiger partial charge in [-0.25, -0.2) is 4.79 Å². The number of benzene rings is 1. The minimum atomic E-state index is -0.506. The van der Waals surface area contributed by atoms with E-state index in [4.69, 9.17) is 27.6 Å². The predicted octanol–water partition coefficient (Wildman–Crippen LogP) is 3.29. The summed E-state index contributed by atoms with van der Waals surface area (Å²) in [5.41, 5.74) is 1.48. The predicted molar refractivity (Wildman–Crippen MR) is 95.4 cm³/mol. The van der Waals surface area contributed by atoms with Gasteiger partial charge in [-0.3, -0.25) is 9.59 Å². The molecule has 0 amide bonds. The Morgan fingerprint density at radius 2 is 1.92 bits per heavy atom. The average Bonchev–Trinajstić information content (AvgIpc) is 2.53. The number of halogens is 2. The van der Waals surface area contributed by atoms with E-state index in [2.05, 4.69) is 4.74 Å². The fourth-order valence-electron chi connectivity index (χ4n) is 2.11. The zero-order valence-electron chi connectivity index (χ0n) is 13.8. The van der Waals surface area contributed by atoms with Gasteiger partial charge in [-0.05, 0) is 31.0 Å². The number of esters is 1. The van der Waals surface area contributed by atoms with E-state index in [-0.39, 0.29) is 29.7 Å². The molecule has 0 saturated carbocycles. The fourth-order valence-corrected chi connectivity index (χ4v) is 2.41. The molecule has 25 heavy (non-hydrogen) atoms. The van der Waals surface area contributed by atoms with Crippen molar-refractivity contribution in [1.82, 2.24) is 0 Å². The molecule has 6 nitrogen and oxygen atoms in total. The van der Waals surface area contributed by atoms with Crippen molar-refractivity contribution in [2.24, 2.45) is 0 Å². The minimum absolute atomic E-state index is 0.0786. The summed E-state index contributed by atoms with van der Waals surface area (Å²) >= 11 is 10.9. The van der Waals surface area contributed by atoms with E-state index in [0.29, 0.717) is 12.2 Å². The van der Waals surface area contributed by atoms with Crippen LogP contribution < -0.4 is 5.63 Å². The van der Waals surface area contributed by atoms with Crippen LogP contribution in [0.2, 0.25) is 0 Å². The van der Waals surface area contributed by atoms with Crippen molar-refractivity contribution in [2.75, 3.05) is 12.5 Å². The van der Waals surface area contributed by atoms with E-state index in [1.807, 2.05) is 6.92 Å². The maximum absolute atomic E-state index is 11.2. The number of fused-ring (bicyclic) bond motifs is 1. The number of alkyl halides is 2. The Kier molecular flexibility index (Phi) is 8.45. The lowest BCUT2D eigenvalue weighted by Gasteiger charge is -2.05. The smallest absolute Gasteiger partial charge is 0.336 e. The van der Waals surface area contributed by atoms with Crippen LogP contribution in [0, 0.1) is 6.92 Å². The standard InChI is InChI=1S/C11H9ClO3.C6H9ClO3/c1-6-2-8(13)4-9-11(6)7(5-12)3-10(14)15-9;1-2-10-6(9)3-5(8)4-7/h2-4,13H,5H2,1H3;2-4H2,1H3. The van der Waals surface area contributed by atoms with Gasteiger partial charge in [0.2, 0.25) is 0 Å². The summed E-state index contributed by atoms with van der Waals surface area (Å²) in [7, 11) is 0. The number of ether oxygens (including phenoxy) is 1. The molecule has 1 aromatic carbocycles. The maximum atomic E-state index is 11.2. The number of hydrogen-bond acceptors (Lipinski definition) is 6. The molecule has 1 heterocycles. The number of phenols is 1. The highest BCUT2D eigenvalue weighted by atomic mass is 35.5. The number of aryl methyl sites for hydroxylation is 1. The summed E-state index contributed by atoms with van der Waals surface area (Å²) in [6, 6.07) is 4.40. The molecule has 0 bridgehead atoms. The first-order chi connectivity index (χ1) is 11.8. The van der Waals surface area contributed by atoms with Crippen LogP contribution in [-0.2, 0) is 20.2 Å². The van der Waals surface area contributed by atoms with Crippen LogP contribution in [0.1, 0.15) is 24.5 Å². The first kappa shape index (κ1) is 21.0. The second-order valence-corrected chi connectivity index (χ2v) is 5.55. The van der Waals surface area contributed by atoms with Crippen molar-refractivity contribution in [3.8, 4) is 5.75 Å². The number of rotatable bonds is 5. The van der Waals surface area contributed by atoms with Gasteiger partial charge < -0.3 is 14.3 Å². The van der Waals surface area contributed by atoms with Gasteiger partial charge in [-0.1, -0.05) is 0 Å². The summed E-state index contributed by atoms with van der Waals surface area (Å²) in [5, 5.41) is 10.2. The van der Waals surface area contributed by atoms with Crippen LogP contribution in [0.15, 0.2) is 27.4 Å². The van der Waals surface area contributed by atoms with E-state index >= 15 is 0 Å². The molecule has 0 aliphatic carbocycles. The van der Waals surface area contributed by atoms with Crippen LogP contribution in [0.5, 0.6) is 5.75 Å². The maximum Gasteiger partial charge on any atom is 0.336 e. The number of Topliss-reactive ketones (excluding diaryl/α,β-unsaturated/α-hetero) is 1. The van der Waals surface area contributed by atoms with Gasteiger partial charge in [0.25, 0.3) is 0 Å². The number of carbonyl (C=O) groups is 2. The third-order valence-electron chi connectivity index (χ3n) is 3.05. The number of hydrogen-bond donors (Lipinski definition) is 1. The van der Waals surface area contributed by atoms with Crippen LogP contribution in [0.25, 0.3) is 11.0 Å².